The number of carbonyl (C=O) groups is 2. The Morgan fingerprint density at radius 3 is 2.44 bits per heavy atom. The first kappa shape index (κ1) is 30.4. The molecule has 2 heterocycles. The zero-order valence-corrected chi connectivity index (χ0v) is 26.5. The maximum absolute atomic E-state index is 13.3. The van der Waals surface area contributed by atoms with E-state index in [1.54, 1.807) is 26.0 Å². The largest absolute Gasteiger partial charge is 0.494 e. The van der Waals surface area contributed by atoms with E-state index >= 15 is 0 Å². The van der Waals surface area contributed by atoms with Crippen LogP contribution in [0.1, 0.15) is 51.7 Å². The van der Waals surface area contributed by atoms with E-state index in [1.807, 2.05) is 45.9 Å². The highest BCUT2D eigenvalue weighted by molar-refractivity contribution is 7.90. The molecule has 11 heteroatoms. The van der Waals surface area contributed by atoms with E-state index in [2.05, 4.69) is 14.6 Å². The Morgan fingerprint density at radius 2 is 1.74 bits per heavy atom. The second-order valence-electron chi connectivity index (χ2n) is 11.0. The lowest BCUT2D eigenvalue weighted by Gasteiger charge is -2.24. The molecule has 0 aliphatic carbocycles. The molecule has 1 aliphatic rings. The number of carbonyl (C=O) groups excluding carboxylic acids is 2. The molecule has 3 aromatic carbocycles. The van der Waals surface area contributed by atoms with E-state index in [9.17, 15) is 18.0 Å². The monoisotopic (exact) mass is 623 g/mol. The third kappa shape index (κ3) is 5.94. The number of aryl methyl sites for hydroxylation is 5. The third-order valence-electron chi connectivity index (χ3n) is 7.83. The van der Waals surface area contributed by atoms with Gasteiger partial charge in [-0.3, -0.25) is 9.59 Å². The van der Waals surface area contributed by atoms with Gasteiger partial charge >= 0.3 is 0 Å². The zero-order valence-electron chi connectivity index (χ0n) is 24.9. The molecule has 0 bridgehead atoms. The molecule has 43 heavy (non-hydrogen) atoms. The number of benzene rings is 3. The highest BCUT2D eigenvalue weighted by Crippen LogP contribution is 2.34. The molecule has 1 atom stereocenters. The fourth-order valence-electron chi connectivity index (χ4n) is 5.35. The highest BCUT2D eigenvalue weighted by atomic mass is 35.5. The molecule has 0 saturated carbocycles. The average Bonchev–Trinajstić information content (AvgIpc) is 3.18. The summed E-state index contributed by atoms with van der Waals surface area (Å²) in [6.07, 6.45) is -0.0541. The summed E-state index contributed by atoms with van der Waals surface area (Å²) < 4.78 is 42.5. The van der Waals surface area contributed by atoms with Gasteiger partial charge in [-0.2, -0.15) is 0 Å². The Hall–Kier alpha value is -4.02. The summed E-state index contributed by atoms with van der Waals surface area (Å²) in [7, 11) is -4.25. The molecule has 0 fully saturated rings. The van der Waals surface area contributed by atoms with Gasteiger partial charge in [-0.25, -0.2) is 13.1 Å². The molecule has 9 nitrogen and oxygen atoms in total. The summed E-state index contributed by atoms with van der Waals surface area (Å²) in [5.41, 5.74) is 5.86. The Morgan fingerprint density at radius 1 is 1.05 bits per heavy atom. The quantitative estimate of drug-likeness (QED) is 0.228. The average molecular weight is 624 g/mol. The molecule has 0 saturated heterocycles. The third-order valence-corrected chi connectivity index (χ3v) is 9.90. The lowest BCUT2D eigenvalue weighted by Crippen LogP contribution is -2.35. The molecule has 5 rings (SSSR count). The number of halogens is 1. The predicted molar refractivity (Wildman–Crippen MR) is 167 cm³/mol. The van der Waals surface area contributed by atoms with Gasteiger partial charge in [0.05, 0.1) is 17.2 Å². The van der Waals surface area contributed by atoms with Crippen LogP contribution in [0.4, 0.5) is 5.69 Å². The van der Waals surface area contributed by atoms with Crippen molar-refractivity contribution in [3.8, 4) is 11.5 Å². The van der Waals surface area contributed by atoms with Gasteiger partial charge in [0, 0.05) is 39.8 Å². The van der Waals surface area contributed by atoms with Crippen molar-refractivity contribution in [1.29, 1.82) is 0 Å². The Balaban J connectivity index is 1.34. The number of aromatic nitrogens is 1. The van der Waals surface area contributed by atoms with Gasteiger partial charge in [0.25, 0.3) is 21.8 Å². The number of nitrogens with one attached hydrogen (secondary N) is 2. The van der Waals surface area contributed by atoms with E-state index in [0.29, 0.717) is 30.8 Å². The van der Waals surface area contributed by atoms with Crippen LogP contribution in [0.5, 0.6) is 11.5 Å². The van der Waals surface area contributed by atoms with E-state index in [-0.39, 0.29) is 22.1 Å². The first-order valence-corrected chi connectivity index (χ1v) is 15.8. The van der Waals surface area contributed by atoms with Crippen LogP contribution in [-0.2, 0) is 21.4 Å². The Kier molecular flexibility index (Phi) is 8.20. The van der Waals surface area contributed by atoms with Crippen LogP contribution >= 0.6 is 11.6 Å². The van der Waals surface area contributed by atoms with Crippen LogP contribution in [-0.4, -0.2) is 37.5 Å². The van der Waals surface area contributed by atoms with Crippen molar-refractivity contribution in [2.24, 2.45) is 0 Å². The molecule has 1 aliphatic heterocycles. The standard InChI is InChI=1S/C32H34ClN3O6S/c1-17-14-26-28(42-22(6)31(37)34-26)16-29(17)43(39,40)35-32(38)23-8-9-25-20(4)21(5)36(27(25)15-23)10-7-11-41-24-12-18(2)30(33)19(3)13-24/h8-9,12-16,22H,7,10-11H2,1-6H3,(H,34,37)(H,35,38)/t22-/m1/s1. The summed E-state index contributed by atoms with van der Waals surface area (Å²) in [5, 5.41) is 4.42. The maximum atomic E-state index is 13.3. The number of ether oxygens (including phenoxy) is 2. The highest BCUT2D eigenvalue weighted by Gasteiger charge is 2.28. The Labute approximate surface area is 256 Å². The molecule has 2 N–H and O–H groups in total. The SMILES string of the molecule is Cc1cc2c(cc1S(=O)(=O)NC(=O)c1ccc3c(C)c(C)n(CCCOc4cc(C)c(Cl)c(C)c4)c3c1)O[C@H](C)C(=O)N2. The first-order chi connectivity index (χ1) is 20.3. The predicted octanol–water partition coefficient (Wildman–Crippen LogP) is 6.14. The fourth-order valence-corrected chi connectivity index (χ4v) is 6.68. The molecule has 226 valence electrons. The molecular formula is C32H34ClN3O6S. The Bertz CT molecular complexity index is 1870. The number of hydrogen-bond donors (Lipinski definition) is 2. The van der Waals surface area contributed by atoms with Crippen molar-refractivity contribution >= 4 is 50.0 Å². The summed E-state index contributed by atoms with van der Waals surface area (Å²) >= 11 is 6.27. The topological polar surface area (TPSA) is 116 Å². The number of fused-ring (bicyclic) bond motifs is 2. The van der Waals surface area contributed by atoms with Crippen molar-refractivity contribution in [1.82, 2.24) is 9.29 Å². The van der Waals surface area contributed by atoms with Crippen LogP contribution in [0, 0.1) is 34.6 Å². The van der Waals surface area contributed by atoms with Crippen molar-refractivity contribution in [3.63, 3.8) is 0 Å². The lowest BCUT2D eigenvalue weighted by molar-refractivity contribution is -0.122. The second kappa shape index (κ2) is 11.6. The van der Waals surface area contributed by atoms with Crippen LogP contribution < -0.4 is 19.5 Å². The van der Waals surface area contributed by atoms with Crippen molar-refractivity contribution < 1.29 is 27.5 Å². The van der Waals surface area contributed by atoms with Gasteiger partial charge in [-0.15, -0.1) is 0 Å². The minimum Gasteiger partial charge on any atom is -0.494 e. The van der Waals surface area contributed by atoms with Crippen LogP contribution in [0.25, 0.3) is 10.9 Å². The smallest absolute Gasteiger partial charge is 0.265 e. The lowest BCUT2D eigenvalue weighted by atomic mass is 10.1. The van der Waals surface area contributed by atoms with Gasteiger partial charge in [0.15, 0.2) is 6.10 Å². The van der Waals surface area contributed by atoms with Gasteiger partial charge in [0.1, 0.15) is 11.5 Å². The molecular weight excluding hydrogens is 590 g/mol. The van der Waals surface area contributed by atoms with Gasteiger partial charge in [0.2, 0.25) is 0 Å². The normalized spacial score (nSPS) is 14.7. The van der Waals surface area contributed by atoms with Gasteiger partial charge < -0.3 is 19.4 Å². The van der Waals surface area contributed by atoms with Crippen LogP contribution in [0.15, 0.2) is 47.4 Å². The minimum absolute atomic E-state index is 0.106. The van der Waals surface area contributed by atoms with Gasteiger partial charge in [-0.05, 0) is 101 Å². The molecule has 1 aromatic heterocycles. The van der Waals surface area contributed by atoms with Crippen molar-refractivity contribution in [2.45, 2.75) is 65.5 Å². The van der Waals surface area contributed by atoms with E-state index in [1.165, 1.54) is 12.1 Å². The first-order valence-electron chi connectivity index (χ1n) is 13.9. The van der Waals surface area contributed by atoms with E-state index in [4.69, 9.17) is 21.1 Å². The summed E-state index contributed by atoms with van der Waals surface area (Å²) in [5.74, 6) is -0.0759. The van der Waals surface area contributed by atoms with Crippen LogP contribution in [0.3, 0.4) is 0 Å². The molecule has 0 unspecified atom stereocenters. The summed E-state index contributed by atoms with van der Waals surface area (Å²) in [6, 6.07) is 11.9. The zero-order chi connectivity index (χ0) is 31.2. The van der Waals surface area contributed by atoms with Crippen molar-refractivity contribution in [3.05, 3.63) is 81.0 Å². The number of nitrogens with zero attached hydrogens (tertiary/aromatic N) is 1. The number of hydrogen-bond acceptors (Lipinski definition) is 6. The number of anilines is 1. The number of sulfonamides is 1. The molecule has 0 radical (unpaired) electrons. The van der Waals surface area contributed by atoms with Gasteiger partial charge in [-0.1, -0.05) is 17.7 Å². The molecule has 4 aromatic rings. The number of rotatable bonds is 8. The summed E-state index contributed by atoms with van der Waals surface area (Å²) in [6.45, 7) is 12.2. The van der Waals surface area contributed by atoms with Crippen LogP contribution in [0.2, 0.25) is 5.02 Å². The molecule has 0 spiro atoms. The van der Waals surface area contributed by atoms with Crippen molar-refractivity contribution in [2.75, 3.05) is 11.9 Å². The maximum Gasteiger partial charge on any atom is 0.265 e. The van der Waals surface area contributed by atoms with E-state index < -0.39 is 22.0 Å². The van der Waals surface area contributed by atoms with E-state index in [0.717, 1.165) is 44.1 Å². The molecule has 2 amide bonds. The fraction of sp³-hybridized carbons (Fsp3) is 0.312. The summed E-state index contributed by atoms with van der Waals surface area (Å²) in [4.78, 5) is 25.1. The second-order valence-corrected chi connectivity index (χ2v) is 13.0. The number of amides is 2. The minimum atomic E-state index is -4.25.